The van der Waals surface area contributed by atoms with Crippen molar-refractivity contribution in [3.05, 3.63) is 95.6 Å². The number of aromatic nitrogens is 2. The minimum Gasteiger partial charge on any atom is -0.493 e. The number of piperidine rings is 1. The predicted octanol–water partition coefficient (Wildman–Crippen LogP) is 8.52. The highest BCUT2D eigenvalue weighted by molar-refractivity contribution is 5.93. The van der Waals surface area contributed by atoms with Crippen molar-refractivity contribution in [1.29, 1.82) is 0 Å². The number of aryl methyl sites for hydroxylation is 1. The molecule has 5 rings (SSSR count). The van der Waals surface area contributed by atoms with Crippen molar-refractivity contribution in [1.82, 2.24) is 9.97 Å². The summed E-state index contributed by atoms with van der Waals surface area (Å²) in [6.07, 6.45) is 3.03. The molecule has 8 nitrogen and oxygen atoms in total. The van der Waals surface area contributed by atoms with Crippen molar-refractivity contribution >= 4 is 23.3 Å². The molecule has 3 heterocycles. The van der Waals surface area contributed by atoms with Crippen LogP contribution in [0.15, 0.2) is 72.9 Å². The van der Waals surface area contributed by atoms with Gasteiger partial charge in [0.15, 0.2) is 6.10 Å². The van der Waals surface area contributed by atoms with Gasteiger partial charge < -0.3 is 24.8 Å². The number of carboxylic acids is 1. The topological polar surface area (TPSA) is 96.8 Å². The molecular weight excluding hydrogens is 595 g/mol. The first-order valence-corrected chi connectivity index (χ1v) is 16.2. The van der Waals surface area contributed by atoms with E-state index in [1.54, 1.807) is 18.3 Å². The van der Waals surface area contributed by atoms with Crippen molar-refractivity contribution in [2.24, 2.45) is 5.41 Å². The van der Waals surface area contributed by atoms with Crippen LogP contribution in [0.4, 0.5) is 21.7 Å². The van der Waals surface area contributed by atoms with E-state index in [4.69, 9.17) is 14.5 Å². The number of hydrogen-bond acceptors (Lipinski definition) is 7. The molecular formula is C38H45FN4O4. The Morgan fingerprint density at radius 2 is 1.72 bits per heavy atom. The smallest absolute Gasteiger partial charge is 0.337 e. The number of pyridine rings is 2. The number of carbonyl (C=O) groups is 1. The van der Waals surface area contributed by atoms with E-state index in [1.165, 1.54) is 12.1 Å². The summed E-state index contributed by atoms with van der Waals surface area (Å²) in [5.74, 6) is 0.569. The van der Waals surface area contributed by atoms with Crippen LogP contribution in [-0.4, -0.2) is 46.3 Å². The number of hydrogen-bond donors (Lipinski definition) is 2. The number of rotatable bonds is 11. The van der Waals surface area contributed by atoms with Gasteiger partial charge in [0, 0.05) is 42.5 Å². The van der Waals surface area contributed by atoms with Gasteiger partial charge in [-0.3, -0.25) is 0 Å². The highest BCUT2D eigenvalue weighted by Gasteiger charge is 2.37. The van der Waals surface area contributed by atoms with Crippen LogP contribution in [0.25, 0.3) is 11.1 Å². The molecule has 1 saturated heterocycles. The number of ether oxygens (including phenoxy) is 2. The van der Waals surface area contributed by atoms with Gasteiger partial charge in [-0.1, -0.05) is 44.2 Å². The quantitative estimate of drug-likeness (QED) is 0.168. The first-order valence-electron chi connectivity index (χ1n) is 16.2. The van der Waals surface area contributed by atoms with E-state index >= 15 is 0 Å². The van der Waals surface area contributed by atoms with Crippen LogP contribution in [0.3, 0.4) is 0 Å². The van der Waals surface area contributed by atoms with Crippen LogP contribution in [0.5, 0.6) is 5.75 Å². The second kappa shape index (κ2) is 14.1. The molecule has 1 atom stereocenters. The van der Waals surface area contributed by atoms with Crippen molar-refractivity contribution in [3.63, 3.8) is 0 Å². The maximum absolute atomic E-state index is 13.3. The van der Waals surface area contributed by atoms with E-state index in [9.17, 15) is 14.3 Å². The third-order valence-corrected chi connectivity index (χ3v) is 8.42. The largest absolute Gasteiger partial charge is 0.493 e. The van der Waals surface area contributed by atoms with E-state index in [0.29, 0.717) is 41.7 Å². The second-order valence-corrected chi connectivity index (χ2v) is 13.9. The van der Waals surface area contributed by atoms with E-state index < -0.39 is 17.7 Å². The van der Waals surface area contributed by atoms with Gasteiger partial charge >= 0.3 is 5.97 Å². The zero-order valence-corrected chi connectivity index (χ0v) is 28.1. The number of nitrogens with zero attached hydrogens (tertiary/aromatic N) is 3. The molecule has 0 spiro atoms. The fourth-order valence-electron chi connectivity index (χ4n) is 5.84. The lowest BCUT2D eigenvalue weighted by Gasteiger charge is -2.41. The molecule has 248 valence electrons. The molecule has 9 heteroatoms. The maximum Gasteiger partial charge on any atom is 0.337 e. The fourth-order valence-corrected chi connectivity index (χ4v) is 5.84. The number of nitrogens with one attached hydrogen (secondary N) is 1. The van der Waals surface area contributed by atoms with Gasteiger partial charge in [0.2, 0.25) is 0 Å². The van der Waals surface area contributed by atoms with Crippen LogP contribution in [-0.2, 0) is 16.0 Å². The van der Waals surface area contributed by atoms with Gasteiger partial charge in [-0.15, -0.1) is 0 Å². The molecule has 2 aromatic heterocycles. The summed E-state index contributed by atoms with van der Waals surface area (Å²) in [4.78, 5) is 24.7. The normalized spacial score (nSPS) is 15.3. The Hall–Kier alpha value is -4.50. The lowest BCUT2D eigenvalue weighted by molar-refractivity contribution is -0.160. The second-order valence-electron chi connectivity index (χ2n) is 13.9. The van der Waals surface area contributed by atoms with E-state index in [-0.39, 0.29) is 11.2 Å². The summed E-state index contributed by atoms with van der Waals surface area (Å²) >= 11 is 0. The average Bonchev–Trinajstić information content (AvgIpc) is 3.01. The number of halogens is 1. The van der Waals surface area contributed by atoms with Gasteiger partial charge in [0.25, 0.3) is 0 Å². The number of carboxylic acid groups (broad SMARTS) is 1. The van der Waals surface area contributed by atoms with Crippen LogP contribution in [0.2, 0.25) is 0 Å². The molecule has 1 fully saturated rings. The summed E-state index contributed by atoms with van der Waals surface area (Å²) in [5.41, 5.74) is 4.00. The van der Waals surface area contributed by atoms with Gasteiger partial charge in [-0.05, 0) is 93.5 Å². The van der Waals surface area contributed by atoms with Gasteiger partial charge in [0.05, 0.1) is 17.9 Å². The summed E-state index contributed by atoms with van der Waals surface area (Å²) in [7, 11) is 0. The zero-order chi connectivity index (χ0) is 33.8. The molecule has 1 aliphatic rings. The standard InChI is InChI=1S/C38H45FN4O4/c1-25-31(34(36(44)45)47-37(2,3)4)33(43-22-19-38(5,6)20-23-43)32(35(41-25)42-30-9-7-8-21-40-30)27-12-16-29(17-13-27)46-24-18-26-10-14-28(39)15-11-26/h7-17,21,34H,18-20,22-24H2,1-6H3,(H,44,45)(H,40,41,42)/t34-/m0/s1. The first-order chi connectivity index (χ1) is 22.3. The van der Waals surface area contributed by atoms with E-state index in [0.717, 1.165) is 48.3 Å². The number of anilines is 3. The minimum absolute atomic E-state index is 0.176. The summed E-state index contributed by atoms with van der Waals surface area (Å²) in [6, 6.07) is 19.8. The first kappa shape index (κ1) is 33.9. The molecule has 2 aromatic carbocycles. The SMILES string of the molecule is Cc1nc(Nc2ccccn2)c(-c2ccc(OCCc3ccc(F)cc3)cc2)c(N2CCC(C)(C)CC2)c1[C@H](OC(C)(C)C)C(=O)O. The third kappa shape index (κ3) is 8.65. The fraction of sp³-hybridized carbons (Fsp3) is 0.395. The van der Waals surface area contributed by atoms with E-state index in [1.807, 2.05) is 70.2 Å². The maximum atomic E-state index is 13.3. The van der Waals surface area contributed by atoms with Crippen LogP contribution in [0.1, 0.15) is 70.4 Å². The highest BCUT2D eigenvalue weighted by atomic mass is 19.1. The molecule has 0 amide bonds. The van der Waals surface area contributed by atoms with Crippen molar-refractivity contribution in [3.8, 4) is 16.9 Å². The van der Waals surface area contributed by atoms with Crippen molar-refractivity contribution in [2.45, 2.75) is 72.5 Å². The van der Waals surface area contributed by atoms with Crippen molar-refractivity contribution in [2.75, 3.05) is 29.9 Å². The number of aliphatic carboxylic acids is 1. The molecule has 47 heavy (non-hydrogen) atoms. The molecule has 2 N–H and O–H groups in total. The van der Waals surface area contributed by atoms with Crippen LogP contribution >= 0.6 is 0 Å². The molecule has 0 radical (unpaired) electrons. The zero-order valence-electron chi connectivity index (χ0n) is 28.1. The Morgan fingerprint density at radius 1 is 1.04 bits per heavy atom. The molecule has 1 aliphatic heterocycles. The summed E-state index contributed by atoms with van der Waals surface area (Å²) < 4.78 is 25.6. The highest BCUT2D eigenvalue weighted by Crippen LogP contribution is 2.47. The lowest BCUT2D eigenvalue weighted by Crippen LogP contribution is -2.39. The van der Waals surface area contributed by atoms with Gasteiger partial charge in [-0.2, -0.15) is 0 Å². The Labute approximate surface area is 277 Å². The Kier molecular flexibility index (Phi) is 10.2. The molecule has 4 aromatic rings. The van der Waals surface area contributed by atoms with Crippen LogP contribution in [0, 0.1) is 18.2 Å². The minimum atomic E-state index is -1.23. The summed E-state index contributed by atoms with van der Waals surface area (Å²) in [5, 5.41) is 14.0. The lowest BCUT2D eigenvalue weighted by atomic mass is 9.82. The summed E-state index contributed by atoms with van der Waals surface area (Å²) in [6.45, 7) is 13.9. The molecule has 0 bridgehead atoms. The number of benzene rings is 2. The van der Waals surface area contributed by atoms with Crippen molar-refractivity contribution < 1.29 is 23.8 Å². The Balaban J connectivity index is 1.61. The molecule has 0 aliphatic carbocycles. The molecule has 0 saturated carbocycles. The monoisotopic (exact) mass is 640 g/mol. The molecule has 0 unspecified atom stereocenters. The van der Waals surface area contributed by atoms with Gasteiger partial charge in [-0.25, -0.2) is 19.2 Å². The predicted molar refractivity (Wildman–Crippen MR) is 184 cm³/mol. The third-order valence-electron chi connectivity index (χ3n) is 8.42. The van der Waals surface area contributed by atoms with Gasteiger partial charge in [0.1, 0.15) is 23.2 Å². The Bertz CT molecular complexity index is 1660. The Morgan fingerprint density at radius 3 is 2.32 bits per heavy atom. The average molecular weight is 641 g/mol. The van der Waals surface area contributed by atoms with E-state index in [2.05, 4.69) is 29.0 Å². The van der Waals surface area contributed by atoms with Crippen LogP contribution < -0.4 is 15.0 Å².